The van der Waals surface area contributed by atoms with E-state index in [0.29, 0.717) is 46.3 Å². The van der Waals surface area contributed by atoms with E-state index >= 15 is 0 Å². The number of halogens is 3. The van der Waals surface area contributed by atoms with Crippen molar-refractivity contribution >= 4 is 5.91 Å². The van der Waals surface area contributed by atoms with Crippen molar-refractivity contribution in [2.75, 3.05) is 20.8 Å². The van der Waals surface area contributed by atoms with Crippen LogP contribution in [0.5, 0.6) is 11.6 Å². The second-order valence-electron chi connectivity index (χ2n) is 7.71. The lowest BCUT2D eigenvalue weighted by atomic mass is 10.1. The molecular formula is C26H33F3N4O3. The Morgan fingerprint density at radius 2 is 1.97 bits per heavy atom. The molecule has 2 aromatic rings. The van der Waals surface area contributed by atoms with E-state index in [2.05, 4.69) is 16.5 Å². The number of ether oxygens (including phenoxy) is 2. The average Bonchev–Trinajstić information content (AvgIpc) is 3.21. The molecule has 10 heteroatoms. The molecule has 3 heterocycles. The van der Waals surface area contributed by atoms with E-state index < -0.39 is 12.7 Å². The van der Waals surface area contributed by atoms with Crippen LogP contribution in [0.25, 0.3) is 11.3 Å². The van der Waals surface area contributed by atoms with Gasteiger partial charge in [0.15, 0.2) is 5.75 Å². The van der Waals surface area contributed by atoms with Crippen molar-refractivity contribution < 1.29 is 27.4 Å². The van der Waals surface area contributed by atoms with Crippen LogP contribution in [0.15, 0.2) is 49.1 Å². The van der Waals surface area contributed by atoms with E-state index in [4.69, 9.17) is 9.47 Å². The Balaban J connectivity index is 0.00000222. The average molecular weight is 507 g/mol. The highest BCUT2D eigenvalue weighted by molar-refractivity contribution is 5.99. The number of pyridine rings is 2. The van der Waals surface area contributed by atoms with Crippen LogP contribution in [-0.4, -0.2) is 52.6 Å². The summed E-state index contributed by atoms with van der Waals surface area (Å²) < 4.78 is 49.3. The molecule has 2 aromatic heterocycles. The van der Waals surface area contributed by atoms with E-state index in [1.54, 1.807) is 24.4 Å². The van der Waals surface area contributed by atoms with Crippen molar-refractivity contribution in [3.63, 3.8) is 0 Å². The van der Waals surface area contributed by atoms with Gasteiger partial charge in [0.2, 0.25) is 0 Å². The highest BCUT2D eigenvalue weighted by Gasteiger charge is 2.33. The van der Waals surface area contributed by atoms with E-state index in [1.165, 1.54) is 25.3 Å². The van der Waals surface area contributed by atoms with Gasteiger partial charge in [0, 0.05) is 23.7 Å². The normalized spacial score (nSPS) is 13.1. The van der Waals surface area contributed by atoms with Gasteiger partial charge in [-0.3, -0.25) is 9.78 Å². The Hall–Kier alpha value is -3.56. The minimum Gasteiger partial charge on any atom is -0.491 e. The van der Waals surface area contributed by atoms with Gasteiger partial charge in [-0.25, -0.2) is 4.98 Å². The maximum atomic E-state index is 13.1. The third kappa shape index (κ3) is 6.99. The zero-order chi connectivity index (χ0) is 26.9. The Morgan fingerprint density at radius 3 is 2.56 bits per heavy atom. The summed E-state index contributed by atoms with van der Waals surface area (Å²) in [5, 5.41) is 0. The third-order valence-electron chi connectivity index (χ3n) is 5.33. The summed E-state index contributed by atoms with van der Waals surface area (Å²) >= 11 is 0. The van der Waals surface area contributed by atoms with E-state index in [0.717, 1.165) is 23.9 Å². The summed E-state index contributed by atoms with van der Waals surface area (Å²) in [5.74, 6) is 0.488. The van der Waals surface area contributed by atoms with Gasteiger partial charge in [-0.05, 0) is 37.2 Å². The first-order chi connectivity index (χ1) is 17.2. The summed E-state index contributed by atoms with van der Waals surface area (Å²) in [6.07, 6.45) is 1.64. The number of unbranched alkanes of at least 4 members (excludes halogenated alkanes) is 1. The molecule has 0 aromatic carbocycles. The zero-order valence-corrected chi connectivity index (χ0v) is 21.4. The Labute approximate surface area is 210 Å². The first-order valence-corrected chi connectivity index (χ1v) is 11.8. The lowest BCUT2D eigenvalue weighted by Crippen LogP contribution is -2.29. The Bertz CT molecular complexity index is 1090. The number of hydrogen-bond acceptors (Lipinski definition) is 6. The molecule has 0 saturated carbocycles. The van der Waals surface area contributed by atoms with E-state index in [1.807, 2.05) is 20.8 Å². The quantitative estimate of drug-likeness (QED) is 0.383. The van der Waals surface area contributed by atoms with Gasteiger partial charge < -0.3 is 19.3 Å². The molecule has 36 heavy (non-hydrogen) atoms. The predicted molar refractivity (Wildman–Crippen MR) is 132 cm³/mol. The lowest BCUT2D eigenvalue weighted by molar-refractivity contribution is -0.136. The van der Waals surface area contributed by atoms with E-state index in [9.17, 15) is 18.0 Å². The fourth-order valence-corrected chi connectivity index (χ4v) is 3.64. The first kappa shape index (κ1) is 28.7. The number of alkyl halides is 3. The molecule has 0 unspecified atom stereocenters. The minimum absolute atomic E-state index is 0.162. The minimum atomic E-state index is -4.40. The Morgan fingerprint density at radius 1 is 1.25 bits per heavy atom. The van der Waals surface area contributed by atoms with Crippen LogP contribution in [0.4, 0.5) is 13.2 Å². The fraction of sp³-hybridized carbons (Fsp3) is 0.423. The van der Waals surface area contributed by atoms with Crippen LogP contribution >= 0.6 is 0 Å². The highest BCUT2D eigenvalue weighted by atomic mass is 19.4. The summed E-state index contributed by atoms with van der Waals surface area (Å²) in [5.41, 5.74) is 2.71. The number of nitrogens with zero attached hydrogens (tertiary/aromatic N) is 4. The smallest absolute Gasteiger partial charge is 0.406 e. The van der Waals surface area contributed by atoms with Gasteiger partial charge in [0.1, 0.15) is 6.54 Å². The molecule has 0 fully saturated rings. The fourth-order valence-electron chi connectivity index (χ4n) is 3.64. The van der Waals surface area contributed by atoms with Crippen molar-refractivity contribution in [1.29, 1.82) is 0 Å². The zero-order valence-electron chi connectivity index (χ0n) is 21.4. The topological polar surface area (TPSA) is 67.8 Å². The lowest BCUT2D eigenvalue weighted by Gasteiger charge is -2.24. The molecule has 1 aliphatic rings. The molecule has 3 rings (SSSR count). The number of amides is 1. The SMILES string of the molecule is C=CN(/C=C(\CCCC)N1Cc2nc(-c3cnc(OC)c(OC)c3)ccc2C1=O)CC(F)(F)F.CC. The van der Waals surface area contributed by atoms with Crippen molar-refractivity contribution in [2.45, 2.75) is 52.8 Å². The molecule has 0 spiro atoms. The molecule has 196 valence electrons. The monoisotopic (exact) mass is 506 g/mol. The summed E-state index contributed by atoms with van der Waals surface area (Å²) in [6, 6.07) is 5.12. The van der Waals surface area contributed by atoms with Gasteiger partial charge in [-0.2, -0.15) is 13.2 Å². The predicted octanol–water partition coefficient (Wildman–Crippen LogP) is 6.18. The molecule has 0 aliphatic carbocycles. The van der Waals surface area contributed by atoms with Gasteiger partial charge in [0.25, 0.3) is 11.8 Å². The van der Waals surface area contributed by atoms with Crippen LogP contribution in [0, 0.1) is 0 Å². The van der Waals surface area contributed by atoms with Crippen LogP contribution in [0.3, 0.4) is 0 Å². The van der Waals surface area contributed by atoms with Crippen molar-refractivity contribution in [2.24, 2.45) is 0 Å². The number of hydrogen-bond donors (Lipinski definition) is 0. The molecule has 7 nitrogen and oxygen atoms in total. The summed E-state index contributed by atoms with van der Waals surface area (Å²) in [6.45, 7) is 8.43. The number of carbonyl (C=O) groups excluding carboxylic acids is 1. The molecule has 0 atom stereocenters. The highest BCUT2D eigenvalue weighted by Crippen LogP contribution is 2.32. The first-order valence-electron chi connectivity index (χ1n) is 11.8. The number of carbonyl (C=O) groups is 1. The second kappa shape index (κ2) is 12.9. The molecule has 0 radical (unpaired) electrons. The number of rotatable bonds is 10. The number of allylic oxidation sites excluding steroid dienone is 1. The molecular weight excluding hydrogens is 473 g/mol. The number of methoxy groups -OCH3 is 2. The maximum absolute atomic E-state index is 13.1. The molecule has 1 aliphatic heterocycles. The molecule has 1 amide bonds. The molecule has 0 N–H and O–H groups in total. The summed E-state index contributed by atoms with van der Waals surface area (Å²) in [7, 11) is 3.00. The van der Waals surface area contributed by atoms with Crippen LogP contribution < -0.4 is 9.47 Å². The van der Waals surface area contributed by atoms with Crippen molar-refractivity contribution in [3.8, 4) is 22.9 Å². The standard InChI is InChI=1S/C24H27F3N4O3.C2H6/c1-5-7-8-17(13-30(6-2)15-24(25,26)27)31-14-20-18(23(31)32)9-10-19(29-20)16-11-21(33-3)22(34-4)28-12-16;1-2/h6,9-13H,2,5,7-8,14-15H2,1,3-4H3;1-2H3/b17-13+;. The Kier molecular flexibility index (Phi) is 10.3. The van der Waals surface area contributed by atoms with Gasteiger partial charge >= 0.3 is 6.18 Å². The van der Waals surface area contributed by atoms with Crippen LogP contribution in [-0.2, 0) is 6.54 Å². The number of fused-ring (bicyclic) bond motifs is 1. The summed E-state index contributed by atoms with van der Waals surface area (Å²) in [4.78, 5) is 24.4. The van der Waals surface area contributed by atoms with Crippen LogP contribution in [0.1, 0.15) is 56.1 Å². The van der Waals surface area contributed by atoms with Gasteiger partial charge in [0.05, 0.1) is 37.7 Å². The van der Waals surface area contributed by atoms with Gasteiger partial charge in [-0.1, -0.05) is 33.8 Å². The van der Waals surface area contributed by atoms with Crippen molar-refractivity contribution in [3.05, 3.63) is 60.3 Å². The third-order valence-corrected chi connectivity index (χ3v) is 5.33. The van der Waals surface area contributed by atoms with Crippen molar-refractivity contribution in [1.82, 2.24) is 19.8 Å². The van der Waals surface area contributed by atoms with Crippen LogP contribution in [0.2, 0.25) is 0 Å². The second-order valence-corrected chi connectivity index (χ2v) is 7.71. The maximum Gasteiger partial charge on any atom is 0.406 e. The number of aromatic nitrogens is 2. The van der Waals surface area contributed by atoms with Gasteiger partial charge in [-0.15, -0.1) is 0 Å². The van der Waals surface area contributed by atoms with E-state index in [-0.39, 0.29) is 12.5 Å². The molecule has 0 saturated heterocycles. The largest absolute Gasteiger partial charge is 0.491 e. The molecule has 0 bridgehead atoms.